The third kappa shape index (κ3) is 3.97. The Hall–Kier alpha value is -2.14. The predicted molar refractivity (Wildman–Crippen MR) is 165 cm³/mol. The molecule has 6 aliphatic rings. The van der Waals surface area contributed by atoms with Gasteiger partial charge >= 0.3 is 11.9 Å². The lowest BCUT2D eigenvalue weighted by Gasteiger charge is -2.71. The van der Waals surface area contributed by atoms with Gasteiger partial charge in [-0.25, -0.2) is 4.79 Å². The summed E-state index contributed by atoms with van der Waals surface area (Å²) < 4.78 is 0. The van der Waals surface area contributed by atoms with Gasteiger partial charge in [0.05, 0.1) is 11.5 Å². The smallest absolute Gasteiger partial charge is 0.335 e. The molecule has 5 nitrogen and oxygen atoms in total. The molecule has 9 unspecified atom stereocenters. The monoisotopic (exact) mass is 573 g/mol. The van der Waals surface area contributed by atoms with Crippen LogP contribution in [0.15, 0.2) is 30.3 Å². The van der Waals surface area contributed by atoms with Crippen LogP contribution in [-0.4, -0.2) is 34.2 Å². The van der Waals surface area contributed by atoms with Crippen molar-refractivity contribution in [3.05, 3.63) is 41.5 Å². The number of allylic oxidation sites excluding steroid dienone is 2. The SMILES string of the molecule is CC1C(c2ccc(C(=O)O)cc2)=CCC2(C)C1CCC1(C)C2CCC2[C@H]3CCCC3(NCC3CC3C(=O)O)CC[C@]21C. The Bertz CT molecular complexity index is 1300. The van der Waals surface area contributed by atoms with Crippen LogP contribution < -0.4 is 5.32 Å². The topological polar surface area (TPSA) is 86.6 Å². The molecule has 7 rings (SSSR count). The number of hydrogen-bond donors (Lipinski definition) is 3. The lowest BCUT2D eigenvalue weighted by atomic mass is 9.34. The van der Waals surface area contributed by atoms with Gasteiger partial charge in [-0.15, -0.1) is 0 Å². The molecule has 0 heterocycles. The Morgan fingerprint density at radius 3 is 2.33 bits per heavy atom. The van der Waals surface area contributed by atoms with Crippen molar-refractivity contribution in [1.82, 2.24) is 5.32 Å². The van der Waals surface area contributed by atoms with Gasteiger partial charge in [-0.2, -0.15) is 0 Å². The Morgan fingerprint density at radius 1 is 0.881 bits per heavy atom. The second-order valence-electron chi connectivity index (χ2n) is 16.2. The van der Waals surface area contributed by atoms with Crippen molar-refractivity contribution in [3.63, 3.8) is 0 Å². The van der Waals surface area contributed by atoms with Gasteiger partial charge in [-0.3, -0.25) is 4.79 Å². The third-order valence-corrected chi connectivity index (χ3v) is 15.0. The Labute approximate surface area is 251 Å². The summed E-state index contributed by atoms with van der Waals surface area (Å²) in [4.78, 5) is 22.9. The van der Waals surface area contributed by atoms with E-state index in [2.05, 4.69) is 39.1 Å². The van der Waals surface area contributed by atoms with E-state index in [0.717, 1.165) is 37.1 Å². The summed E-state index contributed by atoms with van der Waals surface area (Å²) in [5.41, 5.74) is 4.19. The van der Waals surface area contributed by atoms with Crippen LogP contribution in [0.5, 0.6) is 0 Å². The average molecular weight is 574 g/mol. The molecule has 0 radical (unpaired) electrons. The normalized spacial score (nSPS) is 47.3. The minimum atomic E-state index is -0.862. The second kappa shape index (κ2) is 9.68. The first-order valence-corrected chi connectivity index (χ1v) is 17.0. The molecule has 0 amide bonds. The number of fused-ring (bicyclic) bond motifs is 7. The first-order chi connectivity index (χ1) is 19.9. The molecule has 0 bridgehead atoms. The van der Waals surface area contributed by atoms with Gasteiger partial charge in [-0.05, 0) is 146 Å². The Morgan fingerprint density at radius 2 is 1.64 bits per heavy atom. The van der Waals surface area contributed by atoms with Gasteiger partial charge in [0.2, 0.25) is 0 Å². The van der Waals surface area contributed by atoms with Crippen LogP contribution in [0.4, 0.5) is 0 Å². The largest absolute Gasteiger partial charge is 0.481 e. The van der Waals surface area contributed by atoms with Gasteiger partial charge in [0.1, 0.15) is 0 Å². The molecule has 0 aliphatic heterocycles. The number of hydrogen-bond acceptors (Lipinski definition) is 3. The molecule has 228 valence electrons. The molecule has 1 aromatic carbocycles. The van der Waals surface area contributed by atoms with E-state index < -0.39 is 11.9 Å². The molecule has 11 atom stereocenters. The fourth-order valence-corrected chi connectivity index (χ4v) is 12.4. The fourth-order valence-electron chi connectivity index (χ4n) is 12.4. The third-order valence-electron chi connectivity index (χ3n) is 15.0. The number of carboxylic acid groups (broad SMARTS) is 2. The van der Waals surface area contributed by atoms with Gasteiger partial charge in [-0.1, -0.05) is 52.3 Å². The zero-order valence-electron chi connectivity index (χ0n) is 26.1. The summed E-state index contributed by atoms with van der Waals surface area (Å²) in [5, 5.41) is 22.9. The number of nitrogens with one attached hydrogen (secondary N) is 1. The molecule has 5 fully saturated rings. The standard InChI is InChI=1S/C37H51NO4/c1-22-26(23-7-9-24(10-8-23)32(39)40)13-16-34(2)28(22)14-17-36(4)31(34)12-11-29-30-6-5-15-37(30,19-18-35(29,36)3)38-21-25-20-27(25)33(41)42/h7-10,13,22,25,27-31,38H,5-6,11-12,14-21H2,1-4H3,(H,39,40)(H,41,42)/t22?,25?,27?,28?,29?,30-,31?,34?,35-,36?,37?/m1/s1. The molecule has 5 saturated carbocycles. The van der Waals surface area contributed by atoms with E-state index in [0.29, 0.717) is 39.6 Å². The minimum absolute atomic E-state index is 0.121. The summed E-state index contributed by atoms with van der Waals surface area (Å²) in [6, 6.07) is 7.55. The van der Waals surface area contributed by atoms with Crippen molar-refractivity contribution < 1.29 is 19.8 Å². The van der Waals surface area contributed by atoms with Gasteiger partial charge in [0.15, 0.2) is 0 Å². The van der Waals surface area contributed by atoms with Crippen LogP contribution in [0.25, 0.3) is 5.57 Å². The van der Waals surface area contributed by atoms with Crippen LogP contribution in [0.1, 0.15) is 114 Å². The predicted octanol–water partition coefficient (Wildman–Crippen LogP) is 7.91. The van der Waals surface area contributed by atoms with Crippen molar-refractivity contribution in [1.29, 1.82) is 0 Å². The molecule has 3 N–H and O–H groups in total. The molecule has 6 aliphatic carbocycles. The summed E-state index contributed by atoms with van der Waals surface area (Å²) >= 11 is 0. The van der Waals surface area contributed by atoms with E-state index >= 15 is 0 Å². The highest BCUT2D eigenvalue weighted by Gasteiger charge is 2.68. The van der Waals surface area contributed by atoms with Crippen LogP contribution in [0.3, 0.4) is 0 Å². The number of benzene rings is 1. The maximum absolute atomic E-state index is 11.5. The van der Waals surface area contributed by atoms with Crippen LogP contribution >= 0.6 is 0 Å². The fraction of sp³-hybridized carbons (Fsp3) is 0.730. The van der Waals surface area contributed by atoms with Crippen LogP contribution in [-0.2, 0) is 4.79 Å². The van der Waals surface area contributed by atoms with E-state index in [-0.39, 0.29) is 11.5 Å². The Balaban J connectivity index is 1.13. The van der Waals surface area contributed by atoms with Gasteiger partial charge < -0.3 is 15.5 Å². The van der Waals surface area contributed by atoms with Crippen LogP contribution in [0.2, 0.25) is 0 Å². The molecule has 0 aromatic heterocycles. The highest BCUT2D eigenvalue weighted by Crippen LogP contribution is 2.75. The minimum Gasteiger partial charge on any atom is -0.481 e. The maximum atomic E-state index is 11.5. The average Bonchev–Trinajstić information content (AvgIpc) is 3.63. The van der Waals surface area contributed by atoms with Crippen molar-refractivity contribution in [2.45, 2.75) is 104 Å². The van der Waals surface area contributed by atoms with Crippen LogP contribution in [0, 0.1) is 57.7 Å². The molecule has 42 heavy (non-hydrogen) atoms. The summed E-state index contributed by atoms with van der Waals surface area (Å²) in [5.74, 6) is 2.09. The molecule has 1 aromatic rings. The zero-order chi connectivity index (χ0) is 29.7. The first kappa shape index (κ1) is 28.6. The number of aromatic carboxylic acids is 1. The van der Waals surface area contributed by atoms with E-state index in [4.69, 9.17) is 0 Å². The maximum Gasteiger partial charge on any atom is 0.335 e. The quantitative estimate of drug-likeness (QED) is 0.322. The van der Waals surface area contributed by atoms with Crippen molar-refractivity contribution in [2.75, 3.05) is 6.54 Å². The van der Waals surface area contributed by atoms with E-state index in [9.17, 15) is 19.8 Å². The molecule has 0 spiro atoms. The zero-order valence-corrected chi connectivity index (χ0v) is 26.1. The summed E-state index contributed by atoms with van der Waals surface area (Å²) in [7, 11) is 0. The van der Waals surface area contributed by atoms with E-state index in [1.807, 2.05) is 12.1 Å². The first-order valence-electron chi connectivity index (χ1n) is 17.0. The lowest BCUT2D eigenvalue weighted by molar-refractivity contribution is -0.211. The van der Waals surface area contributed by atoms with Gasteiger partial charge in [0, 0.05) is 5.54 Å². The second-order valence-corrected chi connectivity index (χ2v) is 16.2. The van der Waals surface area contributed by atoms with E-state index in [1.54, 1.807) is 12.1 Å². The summed E-state index contributed by atoms with van der Waals surface area (Å²) in [6.45, 7) is 11.3. The van der Waals surface area contributed by atoms with Crippen molar-refractivity contribution in [3.8, 4) is 0 Å². The lowest BCUT2D eigenvalue weighted by Crippen LogP contribution is -2.67. The summed E-state index contributed by atoms with van der Waals surface area (Å²) in [6.07, 6.45) is 16.3. The van der Waals surface area contributed by atoms with Crippen molar-refractivity contribution >= 4 is 17.5 Å². The molecular weight excluding hydrogens is 522 g/mol. The number of carbonyl (C=O) groups is 2. The Kier molecular flexibility index (Phi) is 6.60. The highest BCUT2D eigenvalue weighted by molar-refractivity contribution is 5.88. The van der Waals surface area contributed by atoms with Crippen molar-refractivity contribution in [2.24, 2.45) is 57.7 Å². The number of rotatable bonds is 6. The number of carboxylic acids is 2. The highest BCUT2D eigenvalue weighted by atomic mass is 16.4. The molecule has 0 saturated heterocycles. The number of aliphatic carboxylic acids is 1. The van der Waals surface area contributed by atoms with Gasteiger partial charge in [0.25, 0.3) is 0 Å². The molecular formula is C37H51NO4. The van der Waals surface area contributed by atoms with E-state index in [1.165, 1.54) is 68.9 Å². The molecule has 5 heteroatoms.